The number of ether oxygens (including phenoxy) is 1. The van der Waals surface area contributed by atoms with Crippen LogP contribution in [-0.4, -0.2) is 84.5 Å². The van der Waals surface area contributed by atoms with E-state index >= 15 is 0 Å². The average molecular weight is 431 g/mol. The molecule has 1 N–H and O–H groups in total. The topological polar surface area (TPSA) is 82.2 Å². The van der Waals surface area contributed by atoms with Crippen LogP contribution in [0.15, 0.2) is 18.2 Å². The number of anilines is 1. The Labute approximate surface area is 184 Å². The van der Waals surface area contributed by atoms with E-state index in [0.29, 0.717) is 32.7 Å². The fourth-order valence-corrected chi connectivity index (χ4v) is 4.46. The van der Waals surface area contributed by atoms with Gasteiger partial charge in [-0.1, -0.05) is 31.5 Å². The van der Waals surface area contributed by atoms with Crippen molar-refractivity contribution in [3.8, 4) is 0 Å². The summed E-state index contributed by atoms with van der Waals surface area (Å²) in [7, 11) is 1.61. The van der Waals surface area contributed by atoms with Crippen LogP contribution in [0.5, 0.6) is 0 Å². The number of carbonyl (C=O) groups excluding carboxylic acids is 3. The standard InChI is InChI=1S/C23H34N4O4/c1-15(2)10-20-22(29)25(8-9-31-5)12-18-13-26(23(30)27(18)20)14-21(28)24-19-7-6-16(3)11-17(19)4/h6-7,11,15,18,20H,8-10,12-14H2,1-5H3,(H,24,28)/t18-,20-/m0/s1. The van der Waals surface area contributed by atoms with Crippen molar-refractivity contribution in [2.75, 3.05) is 45.2 Å². The predicted octanol–water partition coefficient (Wildman–Crippen LogP) is 2.25. The minimum atomic E-state index is -0.490. The van der Waals surface area contributed by atoms with Crippen LogP contribution in [-0.2, 0) is 14.3 Å². The van der Waals surface area contributed by atoms with Gasteiger partial charge in [0.1, 0.15) is 12.6 Å². The first-order valence-corrected chi connectivity index (χ1v) is 10.9. The molecule has 0 radical (unpaired) electrons. The van der Waals surface area contributed by atoms with E-state index in [9.17, 15) is 14.4 Å². The molecule has 0 saturated carbocycles. The lowest BCUT2D eigenvalue weighted by molar-refractivity contribution is -0.143. The summed E-state index contributed by atoms with van der Waals surface area (Å²) in [5, 5.41) is 2.91. The highest BCUT2D eigenvalue weighted by atomic mass is 16.5. The number of urea groups is 1. The van der Waals surface area contributed by atoms with E-state index < -0.39 is 6.04 Å². The van der Waals surface area contributed by atoms with Crippen LogP contribution in [0.4, 0.5) is 10.5 Å². The molecule has 4 amide bonds. The van der Waals surface area contributed by atoms with E-state index in [1.165, 1.54) is 0 Å². The Kier molecular flexibility index (Phi) is 7.20. The lowest BCUT2D eigenvalue weighted by Gasteiger charge is -2.42. The fraction of sp³-hybridized carbons (Fsp3) is 0.609. The molecular weight excluding hydrogens is 396 g/mol. The summed E-state index contributed by atoms with van der Waals surface area (Å²) in [6.07, 6.45) is 0.604. The minimum Gasteiger partial charge on any atom is -0.383 e. The summed E-state index contributed by atoms with van der Waals surface area (Å²) < 4.78 is 5.15. The molecule has 8 nitrogen and oxygen atoms in total. The highest BCUT2D eigenvalue weighted by Gasteiger charge is 2.49. The molecule has 2 saturated heterocycles. The largest absolute Gasteiger partial charge is 0.383 e. The zero-order valence-electron chi connectivity index (χ0n) is 19.2. The van der Waals surface area contributed by atoms with Crippen molar-refractivity contribution >= 4 is 23.5 Å². The molecule has 1 aromatic carbocycles. The van der Waals surface area contributed by atoms with Gasteiger partial charge in [0.2, 0.25) is 11.8 Å². The second-order valence-electron chi connectivity index (χ2n) is 9.01. The molecule has 0 spiro atoms. The van der Waals surface area contributed by atoms with Gasteiger partial charge in [-0.2, -0.15) is 0 Å². The number of rotatable bonds is 8. The van der Waals surface area contributed by atoms with Crippen LogP contribution < -0.4 is 5.32 Å². The average Bonchev–Trinajstić information content (AvgIpc) is 2.99. The number of methoxy groups -OCH3 is 1. The van der Waals surface area contributed by atoms with E-state index in [-0.39, 0.29) is 36.3 Å². The van der Waals surface area contributed by atoms with Gasteiger partial charge in [0.25, 0.3) is 0 Å². The van der Waals surface area contributed by atoms with Gasteiger partial charge in [-0.05, 0) is 37.8 Å². The van der Waals surface area contributed by atoms with Gasteiger partial charge < -0.3 is 24.8 Å². The number of aryl methyl sites for hydroxylation is 2. The molecule has 3 rings (SSSR count). The first kappa shape index (κ1) is 23.1. The van der Waals surface area contributed by atoms with Crippen LogP contribution in [0.25, 0.3) is 0 Å². The maximum absolute atomic E-state index is 13.2. The third-order valence-electron chi connectivity index (χ3n) is 5.93. The van der Waals surface area contributed by atoms with Crippen LogP contribution in [0, 0.1) is 19.8 Å². The quantitative estimate of drug-likeness (QED) is 0.686. The van der Waals surface area contributed by atoms with Crippen molar-refractivity contribution < 1.29 is 19.1 Å². The minimum absolute atomic E-state index is 0.0280. The van der Waals surface area contributed by atoms with E-state index in [0.717, 1.165) is 16.8 Å². The number of hydrogen-bond acceptors (Lipinski definition) is 4. The maximum Gasteiger partial charge on any atom is 0.321 e. The SMILES string of the molecule is COCCN1C[C@H]2CN(CC(=O)Nc3ccc(C)cc3C)C(=O)N2[C@@H](CC(C)C)C1=O. The summed E-state index contributed by atoms with van der Waals surface area (Å²) >= 11 is 0. The molecule has 0 bridgehead atoms. The number of piperazine rings is 1. The van der Waals surface area contributed by atoms with Crippen LogP contribution in [0.2, 0.25) is 0 Å². The molecule has 2 heterocycles. The zero-order chi connectivity index (χ0) is 22.7. The van der Waals surface area contributed by atoms with Crippen molar-refractivity contribution in [1.82, 2.24) is 14.7 Å². The molecule has 0 unspecified atom stereocenters. The molecule has 31 heavy (non-hydrogen) atoms. The van der Waals surface area contributed by atoms with E-state index in [2.05, 4.69) is 5.32 Å². The molecule has 0 aromatic heterocycles. The van der Waals surface area contributed by atoms with Crippen molar-refractivity contribution in [1.29, 1.82) is 0 Å². The summed E-state index contributed by atoms with van der Waals surface area (Å²) in [5.41, 5.74) is 2.86. The van der Waals surface area contributed by atoms with Crippen molar-refractivity contribution in [2.24, 2.45) is 5.92 Å². The van der Waals surface area contributed by atoms with Crippen LogP contribution >= 0.6 is 0 Å². The smallest absolute Gasteiger partial charge is 0.321 e. The van der Waals surface area contributed by atoms with E-state index in [4.69, 9.17) is 4.74 Å². The molecule has 2 fully saturated rings. The summed E-state index contributed by atoms with van der Waals surface area (Å²) in [6.45, 7) is 9.89. The fourth-order valence-electron chi connectivity index (χ4n) is 4.46. The Morgan fingerprint density at radius 1 is 1.19 bits per heavy atom. The summed E-state index contributed by atoms with van der Waals surface area (Å²) in [5.74, 6) is 0.00620. The number of nitrogens with one attached hydrogen (secondary N) is 1. The Hall–Kier alpha value is -2.61. The van der Waals surface area contributed by atoms with Gasteiger partial charge in [0.05, 0.1) is 12.6 Å². The Balaban J connectivity index is 1.71. The number of nitrogens with zero attached hydrogens (tertiary/aromatic N) is 3. The number of hydrogen-bond donors (Lipinski definition) is 1. The molecule has 2 aliphatic heterocycles. The van der Waals surface area contributed by atoms with Crippen LogP contribution in [0.3, 0.4) is 0 Å². The molecular formula is C23H34N4O4. The lowest BCUT2D eigenvalue weighted by Crippen LogP contribution is -2.61. The summed E-state index contributed by atoms with van der Waals surface area (Å²) in [4.78, 5) is 44.0. The molecule has 2 atom stereocenters. The third kappa shape index (κ3) is 5.18. The van der Waals surface area contributed by atoms with Gasteiger partial charge in [-0.15, -0.1) is 0 Å². The van der Waals surface area contributed by atoms with Crippen molar-refractivity contribution in [3.63, 3.8) is 0 Å². The molecule has 8 heteroatoms. The van der Waals surface area contributed by atoms with Crippen molar-refractivity contribution in [3.05, 3.63) is 29.3 Å². The normalized spacial score (nSPS) is 21.2. The second-order valence-corrected chi connectivity index (χ2v) is 9.01. The number of fused-ring (bicyclic) bond motifs is 1. The van der Waals surface area contributed by atoms with Gasteiger partial charge in [-0.3, -0.25) is 9.59 Å². The van der Waals surface area contributed by atoms with Crippen LogP contribution in [0.1, 0.15) is 31.4 Å². The number of benzene rings is 1. The first-order valence-electron chi connectivity index (χ1n) is 10.9. The Morgan fingerprint density at radius 3 is 2.55 bits per heavy atom. The van der Waals surface area contributed by atoms with Gasteiger partial charge in [-0.25, -0.2) is 4.79 Å². The third-order valence-corrected chi connectivity index (χ3v) is 5.93. The molecule has 2 aliphatic rings. The monoisotopic (exact) mass is 430 g/mol. The van der Waals surface area contributed by atoms with Gasteiger partial charge >= 0.3 is 6.03 Å². The predicted molar refractivity (Wildman–Crippen MR) is 119 cm³/mol. The highest BCUT2D eigenvalue weighted by Crippen LogP contribution is 2.29. The van der Waals surface area contributed by atoms with E-state index in [1.54, 1.807) is 21.8 Å². The number of amides is 4. The zero-order valence-corrected chi connectivity index (χ0v) is 19.2. The highest BCUT2D eigenvalue weighted by molar-refractivity contribution is 5.96. The number of carbonyl (C=O) groups is 3. The maximum atomic E-state index is 13.2. The second kappa shape index (κ2) is 9.68. The Morgan fingerprint density at radius 2 is 1.90 bits per heavy atom. The van der Waals surface area contributed by atoms with Gasteiger partial charge in [0.15, 0.2) is 0 Å². The summed E-state index contributed by atoms with van der Waals surface area (Å²) in [6, 6.07) is 5.00. The molecule has 1 aromatic rings. The van der Waals surface area contributed by atoms with Gasteiger partial charge in [0, 0.05) is 32.4 Å². The molecule has 0 aliphatic carbocycles. The Bertz CT molecular complexity index is 841. The van der Waals surface area contributed by atoms with E-state index in [1.807, 2.05) is 45.9 Å². The lowest BCUT2D eigenvalue weighted by atomic mass is 9.97. The first-order chi connectivity index (χ1) is 14.7. The van der Waals surface area contributed by atoms with Crippen molar-refractivity contribution in [2.45, 2.75) is 46.2 Å². The molecule has 170 valence electrons.